The number of hydrogen-bond acceptors (Lipinski definition) is 4. The molecule has 0 aromatic carbocycles. The van der Waals surface area contributed by atoms with E-state index in [-0.39, 0.29) is 11.9 Å². The molecule has 1 amide bonds. The maximum absolute atomic E-state index is 12.0. The first-order valence-electron chi connectivity index (χ1n) is 6.80. The highest BCUT2D eigenvalue weighted by Crippen LogP contribution is 2.15. The quantitative estimate of drug-likeness (QED) is 0.854. The van der Waals surface area contributed by atoms with Crippen LogP contribution in [0.5, 0.6) is 0 Å². The molecule has 0 aliphatic carbocycles. The lowest BCUT2D eigenvalue weighted by Crippen LogP contribution is -2.49. The van der Waals surface area contributed by atoms with Crippen LogP contribution in [0.15, 0.2) is 24.5 Å². The predicted octanol–water partition coefficient (Wildman–Crippen LogP) is 0.0822. The number of pyridine rings is 1. The summed E-state index contributed by atoms with van der Waals surface area (Å²) in [6.45, 7) is 0.837. The second-order valence-electron chi connectivity index (χ2n) is 5.17. The third-order valence-electron chi connectivity index (χ3n) is 3.52. The Kier molecular flexibility index (Phi) is 4.92. The smallest absolute Gasteiger partial charge is 0.281 e. The summed E-state index contributed by atoms with van der Waals surface area (Å²) in [5.74, 6) is -0.147. The molecule has 0 saturated carbocycles. The number of nitrogens with zero attached hydrogens (tertiary/aromatic N) is 3. The molecule has 0 radical (unpaired) electrons. The van der Waals surface area contributed by atoms with Crippen molar-refractivity contribution in [2.24, 2.45) is 0 Å². The van der Waals surface area contributed by atoms with Gasteiger partial charge in [-0.15, -0.1) is 0 Å². The van der Waals surface area contributed by atoms with Crippen LogP contribution in [0.4, 0.5) is 0 Å². The van der Waals surface area contributed by atoms with Crippen LogP contribution in [-0.2, 0) is 10.2 Å². The lowest BCUT2D eigenvalue weighted by Gasteiger charge is -2.33. The van der Waals surface area contributed by atoms with Crippen molar-refractivity contribution < 1.29 is 13.2 Å². The summed E-state index contributed by atoms with van der Waals surface area (Å²) in [6, 6.07) is 3.31. The fraction of sp³-hybridized carbons (Fsp3) is 0.538. The monoisotopic (exact) mass is 312 g/mol. The van der Waals surface area contributed by atoms with Crippen molar-refractivity contribution in [3.8, 4) is 0 Å². The average Bonchev–Trinajstić information content (AvgIpc) is 2.48. The van der Waals surface area contributed by atoms with E-state index in [1.165, 1.54) is 22.7 Å². The van der Waals surface area contributed by atoms with Gasteiger partial charge in [-0.05, 0) is 25.0 Å². The van der Waals surface area contributed by atoms with Crippen molar-refractivity contribution in [3.05, 3.63) is 30.1 Å². The molecule has 116 valence electrons. The second-order valence-corrected chi connectivity index (χ2v) is 7.32. The van der Waals surface area contributed by atoms with E-state index in [9.17, 15) is 13.2 Å². The third-order valence-corrected chi connectivity index (χ3v) is 5.46. The van der Waals surface area contributed by atoms with Gasteiger partial charge in [0.05, 0.1) is 0 Å². The van der Waals surface area contributed by atoms with Crippen LogP contribution in [0.1, 0.15) is 23.2 Å². The zero-order chi connectivity index (χ0) is 15.5. The van der Waals surface area contributed by atoms with Gasteiger partial charge in [0.2, 0.25) is 0 Å². The Morgan fingerprint density at radius 3 is 2.38 bits per heavy atom. The van der Waals surface area contributed by atoms with Crippen molar-refractivity contribution in [2.45, 2.75) is 18.9 Å². The molecule has 8 heteroatoms. The molecule has 0 unspecified atom stereocenters. The summed E-state index contributed by atoms with van der Waals surface area (Å²) in [7, 11) is -0.317. The van der Waals surface area contributed by atoms with E-state index < -0.39 is 10.2 Å². The van der Waals surface area contributed by atoms with Crippen molar-refractivity contribution in [2.75, 3.05) is 27.2 Å². The van der Waals surface area contributed by atoms with Crippen LogP contribution < -0.4 is 5.32 Å². The van der Waals surface area contributed by atoms with Gasteiger partial charge in [0.25, 0.3) is 16.1 Å². The van der Waals surface area contributed by atoms with Crippen molar-refractivity contribution in [1.82, 2.24) is 18.9 Å². The lowest BCUT2D eigenvalue weighted by molar-refractivity contribution is 0.0923. The molecule has 2 heterocycles. The highest BCUT2D eigenvalue weighted by molar-refractivity contribution is 7.86. The van der Waals surface area contributed by atoms with Gasteiger partial charge in [-0.2, -0.15) is 17.0 Å². The summed E-state index contributed by atoms with van der Waals surface area (Å²) in [6.07, 6.45) is 4.37. The van der Waals surface area contributed by atoms with E-state index >= 15 is 0 Å². The number of carbonyl (C=O) groups excluding carboxylic acids is 1. The molecule has 1 aliphatic heterocycles. The van der Waals surface area contributed by atoms with Gasteiger partial charge >= 0.3 is 0 Å². The molecule has 21 heavy (non-hydrogen) atoms. The maximum Gasteiger partial charge on any atom is 0.281 e. The van der Waals surface area contributed by atoms with Gasteiger partial charge in [0.1, 0.15) is 0 Å². The zero-order valence-electron chi connectivity index (χ0n) is 12.2. The van der Waals surface area contributed by atoms with Crippen molar-refractivity contribution in [1.29, 1.82) is 0 Å². The molecule has 1 aromatic rings. The molecule has 1 aromatic heterocycles. The van der Waals surface area contributed by atoms with Gasteiger partial charge in [-0.1, -0.05) is 0 Å². The maximum atomic E-state index is 12.0. The molecule has 2 rings (SSSR count). The van der Waals surface area contributed by atoms with Crippen LogP contribution in [-0.4, -0.2) is 61.1 Å². The van der Waals surface area contributed by atoms with Gasteiger partial charge in [0.15, 0.2) is 0 Å². The normalized spacial score (nSPS) is 17.9. The Morgan fingerprint density at radius 2 is 1.86 bits per heavy atom. The third kappa shape index (κ3) is 3.78. The van der Waals surface area contributed by atoms with Crippen LogP contribution in [0.25, 0.3) is 0 Å². The zero-order valence-corrected chi connectivity index (χ0v) is 13.0. The van der Waals surface area contributed by atoms with Gasteiger partial charge < -0.3 is 5.32 Å². The number of aromatic nitrogens is 1. The minimum absolute atomic E-state index is 0.000669. The topological polar surface area (TPSA) is 82.6 Å². The van der Waals surface area contributed by atoms with Crippen LogP contribution >= 0.6 is 0 Å². The first-order valence-corrected chi connectivity index (χ1v) is 8.19. The molecular weight excluding hydrogens is 292 g/mol. The largest absolute Gasteiger partial charge is 0.349 e. The van der Waals surface area contributed by atoms with Crippen molar-refractivity contribution >= 4 is 16.1 Å². The molecule has 0 bridgehead atoms. The SMILES string of the molecule is CN(C)S(=O)(=O)N1CCC(NC(=O)c2ccncc2)CC1. The minimum Gasteiger partial charge on any atom is -0.349 e. The lowest BCUT2D eigenvalue weighted by atomic mass is 10.1. The average molecular weight is 312 g/mol. The van der Waals surface area contributed by atoms with Gasteiger partial charge in [-0.25, -0.2) is 0 Å². The molecular formula is C13H20N4O3S. The summed E-state index contributed by atoms with van der Waals surface area (Å²) in [5, 5.41) is 2.93. The van der Waals surface area contributed by atoms with E-state index in [0.29, 0.717) is 31.5 Å². The number of rotatable bonds is 4. The number of nitrogens with one attached hydrogen (secondary N) is 1. The summed E-state index contributed by atoms with van der Waals surface area (Å²) in [5.41, 5.74) is 0.563. The Hall–Kier alpha value is -1.51. The number of carbonyl (C=O) groups is 1. The fourth-order valence-electron chi connectivity index (χ4n) is 2.23. The van der Waals surface area contributed by atoms with Crippen LogP contribution in [0, 0.1) is 0 Å². The van der Waals surface area contributed by atoms with Crippen molar-refractivity contribution in [3.63, 3.8) is 0 Å². The van der Waals surface area contributed by atoms with E-state index in [4.69, 9.17) is 0 Å². The standard InChI is InChI=1S/C13H20N4O3S/c1-16(2)21(19,20)17-9-5-12(6-10-17)15-13(18)11-3-7-14-8-4-11/h3-4,7-8,12H,5-6,9-10H2,1-2H3,(H,15,18). The molecule has 1 fully saturated rings. The molecule has 1 saturated heterocycles. The second kappa shape index (κ2) is 6.50. The van der Waals surface area contributed by atoms with Crippen LogP contribution in [0.3, 0.4) is 0 Å². The van der Waals surface area contributed by atoms with E-state index in [2.05, 4.69) is 10.3 Å². The Balaban J connectivity index is 1.89. The number of amides is 1. The highest BCUT2D eigenvalue weighted by Gasteiger charge is 2.30. The first kappa shape index (κ1) is 15.9. The molecule has 1 aliphatic rings. The molecule has 1 N–H and O–H groups in total. The summed E-state index contributed by atoms with van der Waals surface area (Å²) >= 11 is 0. The van der Waals surface area contributed by atoms with E-state index in [1.807, 2.05) is 0 Å². The van der Waals surface area contributed by atoms with E-state index in [1.54, 1.807) is 24.5 Å². The molecule has 7 nitrogen and oxygen atoms in total. The minimum atomic E-state index is -3.36. The highest BCUT2D eigenvalue weighted by atomic mass is 32.2. The molecule has 0 spiro atoms. The Morgan fingerprint density at radius 1 is 1.29 bits per heavy atom. The van der Waals surface area contributed by atoms with E-state index in [0.717, 1.165) is 0 Å². The summed E-state index contributed by atoms with van der Waals surface area (Å²) in [4.78, 5) is 15.9. The number of piperidine rings is 1. The number of hydrogen-bond donors (Lipinski definition) is 1. The van der Waals surface area contributed by atoms with Gasteiger partial charge in [-0.3, -0.25) is 9.78 Å². The first-order chi connectivity index (χ1) is 9.91. The van der Waals surface area contributed by atoms with Crippen LogP contribution in [0.2, 0.25) is 0 Å². The fourth-order valence-corrected chi connectivity index (χ4v) is 3.37. The Bertz CT molecular complexity index is 581. The summed E-state index contributed by atoms with van der Waals surface area (Å²) < 4.78 is 26.6. The predicted molar refractivity (Wildman–Crippen MR) is 78.9 cm³/mol. The molecule has 0 atom stereocenters. The van der Waals surface area contributed by atoms with Gasteiger partial charge in [0, 0.05) is 51.2 Å². The Labute approximate surface area is 125 Å².